The van der Waals surface area contributed by atoms with Crippen LogP contribution in [0.4, 0.5) is 0 Å². The second-order valence-electron chi connectivity index (χ2n) is 11.5. The van der Waals surface area contributed by atoms with Gasteiger partial charge in [-0.25, -0.2) is 0 Å². The van der Waals surface area contributed by atoms with E-state index in [1.54, 1.807) is 0 Å². The SMILES string of the molecule is CCCCCCCCN1C(=O)c2c(c(-c3ccccc3)c3c(c2-c2ccccc2)-c2cccc4c(C#N)ccc-3c24)C1=O. The zero-order valence-corrected chi connectivity index (χ0v) is 24.3. The van der Waals surface area contributed by atoms with Gasteiger partial charge in [-0.2, -0.15) is 5.26 Å². The Kier molecular flexibility index (Phi) is 6.87. The van der Waals surface area contributed by atoms with Crippen molar-refractivity contribution in [2.45, 2.75) is 45.4 Å². The van der Waals surface area contributed by atoms with Crippen LogP contribution in [0.2, 0.25) is 0 Å². The molecule has 0 fully saturated rings. The minimum absolute atomic E-state index is 0.215. The summed E-state index contributed by atoms with van der Waals surface area (Å²) in [6.07, 6.45) is 6.49. The Bertz CT molecular complexity index is 1860. The largest absolute Gasteiger partial charge is 0.274 e. The van der Waals surface area contributed by atoms with Crippen molar-refractivity contribution in [3.05, 3.63) is 108 Å². The molecule has 0 spiro atoms. The maximum atomic E-state index is 14.4. The zero-order valence-electron chi connectivity index (χ0n) is 24.3. The molecule has 0 atom stereocenters. The van der Waals surface area contributed by atoms with Gasteiger partial charge >= 0.3 is 0 Å². The number of nitriles is 1. The molecule has 43 heavy (non-hydrogen) atoms. The Morgan fingerprint density at radius 1 is 0.581 bits per heavy atom. The summed E-state index contributed by atoms with van der Waals surface area (Å²) in [5.41, 5.74) is 8.92. The van der Waals surface area contributed by atoms with Crippen LogP contribution in [0, 0.1) is 11.3 Å². The van der Waals surface area contributed by atoms with E-state index in [0.717, 1.165) is 74.5 Å². The predicted molar refractivity (Wildman–Crippen MR) is 173 cm³/mol. The van der Waals surface area contributed by atoms with Crippen LogP contribution < -0.4 is 0 Å². The second-order valence-corrected chi connectivity index (χ2v) is 11.5. The molecule has 2 amide bonds. The first-order valence-corrected chi connectivity index (χ1v) is 15.3. The average Bonchev–Trinajstić information content (AvgIpc) is 3.51. The van der Waals surface area contributed by atoms with Crippen molar-refractivity contribution in [1.82, 2.24) is 4.90 Å². The highest BCUT2D eigenvalue weighted by Gasteiger charge is 2.44. The molecular weight excluding hydrogens is 528 g/mol. The van der Waals surface area contributed by atoms with Crippen LogP contribution in [0.1, 0.15) is 71.7 Å². The summed E-state index contributed by atoms with van der Waals surface area (Å²) < 4.78 is 0. The van der Waals surface area contributed by atoms with Gasteiger partial charge in [-0.15, -0.1) is 0 Å². The Morgan fingerprint density at radius 3 is 1.72 bits per heavy atom. The van der Waals surface area contributed by atoms with Crippen molar-refractivity contribution in [2.24, 2.45) is 0 Å². The van der Waals surface area contributed by atoms with Gasteiger partial charge in [-0.1, -0.05) is 124 Å². The fourth-order valence-electron chi connectivity index (χ4n) is 7.04. The molecule has 0 radical (unpaired) electrons. The first-order valence-electron chi connectivity index (χ1n) is 15.3. The summed E-state index contributed by atoms with van der Waals surface area (Å²) >= 11 is 0. The van der Waals surface area contributed by atoms with Gasteiger partial charge in [0.25, 0.3) is 11.8 Å². The number of imide groups is 1. The van der Waals surface area contributed by atoms with Crippen molar-refractivity contribution in [3.8, 4) is 50.6 Å². The molecule has 1 aliphatic carbocycles. The lowest BCUT2D eigenvalue weighted by Gasteiger charge is -2.19. The molecule has 0 saturated heterocycles. The lowest BCUT2D eigenvalue weighted by Crippen LogP contribution is -2.30. The van der Waals surface area contributed by atoms with Crippen LogP contribution in [0.3, 0.4) is 0 Å². The summed E-state index contributed by atoms with van der Waals surface area (Å²) in [5.74, 6) is -0.429. The Morgan fingerprint density at radius 2 is 1.14 bits per heavy atom. The smallest absolute Gasteiger partial charge is 0.262 e. The maximum Gasteiger partial charge on any atom is 0.262 e. The molecule has 5 aromatic carbocycles. The van der Waals surface area contributed by atoms with Crippen molar-refractivity contribution in [3.63, 3.8) is 0 Å². The minimum atomic E-state index is -0.215. The van der Waals surface area contributed by atoms with Gasteiger partial charge in [-0.05, 0) is 51.3 Å². The van der Waals surface area contributed by atoms with E-state index in [-0.39, 0.29) is 11.8 Å². The van der Waals surface area contributed by atoms with E-state index in [4.69, 9.17) is 0 Å². The van der Waals surface area contributed by atoms with Crippen molar-refractivity contribution in [1.29, 1.82) is 5.26 Å². The number of carbonyl (C=O) groups is 2. The van der Waals surface area contributed by atoms with Gasteiger partial charge in [0.05, 0.1) is 22.8 Å². The van der Waals surface area contributed by atoms with Crippen LogP contribution >= 0.6 is 0 Å². The number of carbonyl (C=O) groups excluding carboxylic acids is 2. The predicted octanol–water partition coefficient (Wildman–Crippen LogP) is 9.65. The third-order valence-corrected chi connectivity index (χ3v) is 8.98. The molecule has 7 rings (SSSR count). The number of rotatable bonds is 9. The van der Waals surface area contributed by atoms with Gasteiger partial charge in [0.2, 0.25) is 0 Å². The summed E-state index contributed by atoms with van der Waals surface area (Å²) in [7, 11) is 0. The molecule has 0 saturated carbocycles. The van der Waals surface area contributed by atoms with E-state index in [9.17, 15) is 14.9 Å². The highest BCUT2D eigenvalue weighted by molar-refractivity contribution is 6.33. The second kappa shape index (κ2) is 11.0. The van der Waals surface area contributed by atoms with Crippen LogP contribution in [0.5, 0.6) is 0 Å². The van der Waals surface area contributed by atoms with Crippen LogP contribution in [0.15, 0.2) is 91.0 Å². The molecule has 2 aliphatic rings. The number of hydrogen-bond donors (Lipinski definition) is 0. The average molecular weight is 561 g/mol. The van der Waals surface area contributed by atoms with Crippen molar-refractivity contribution >= 4 is 22.6 Å². The summed E-state index contributed by atoms with van der Waals surface area (Å²) in [5, 5.41) is 11.8. The van der Waals surface area contributed by atoms with E-state index in [2.05, 4.69) is 19.1 Å². The summed E-state index contributed by atoms with van der Waals surface area (Å²) in [4.78, 5) is 30.3. The molecule has 4 nitrogen and oxygen atoms in total. The highest BCUT2D eigenvalue weighted by Crippen LogP contribution is 2.58. The van der Waals surface area contributed by atoms with Gasteiger partial charge < -0.3 is 0 Å². The number of amides is 2. The van der Waals surface area contributed by atoms with Gasteiger partial charge in [0.1, 0.15) is 0 Å². The number of unbranched alkanes of at least 4 members (excludes halogenated alkanes) is 5. The quantitative estimate of drug-likeness (QED) is 0.131. The normalized spacial score (nSPS) is 13.0. The number of fused-ring (bicyclic) bond motifs is 4. The van der Waals surface area contributed by atoms with Crippen LogP contribution in [-0.2, 0) is 0 Å². The van der Waals surface area contributed by atoms with Gasteiger partial charge in [-0.3, -0.25) is 14.5 Å². The fourth-order valence-corrected chi connectivity index (χ4v) is 7.04. The Labute approximate surface area is 252 Å². The van der Waals surface area contributed by atoms with Gasteiger partial charge in [0, 0.05) is 23.1 Å². The molecule has 4 heteroatoms. The third kappa shape index (κ3) is 4.19. The van der Waals surface area contributed by atoms with E-state index in [1.165, 1.54) is 24.2 Å². The van der Waals surface area contributed by atoms with E-state index >= 15 is 0 Å². The first kappa shape index (κ1) is 26.9. The maximum absolute atomic E-state index is 14.4. The lowest BCUT2D eigenvalue weighted by molar-refractivity contribution is 0.0652. The molecule has 1 heterocycles. The van der Waals surface area contributed by atoms with Crippen molar-refractivity contribution in [2.75, 3.05) is 6.54 Å². The molecule has 0 aromatic heterocycles. The molecule has 5 aromatic rings. The fraction of sp³-hybridized carbons (Fsp3) is 0.205. The van der Waals surface area contributed by atoms with E-state index < -0.39 is 0 Å². The van der Waals surface area contributed by atoms with Crippen LogP contribution in [0.25, 0.3) is 55.3 Å². The van der Waals surface area contributed by atoms with Crippen molar-refractivity contribution < 1.29 is 9.59 Å². The minimum Gasteiger partial charge on any atom is -0.274 e. The summed E-state index contributed by atoms with van der Waals surface area (Å²) in [6, 6.07) is 32.2. The monoisotopic (exact) mass is 560 g/mol. The molecule has 0 N–H and O–H groups in total. The van der Waals surface area contributed by atoms with E-state index in [0.29, 0.717) is 23.2 Å². The molecular formula is C39H32N2O2. The molecule has 210 valence electrons. The van der Waals surface area contributed by atoms with Crippen LogP contribution in [-0.4, -0.2) is 23.3 Å². The molecule has 1 aliphatic heterocycles. The number of nitrogens with zero attached hydrogens (tertiary/aromatic N) is 2. The molecule has 0 bridgehead atoms. The first-order chi connectivity index (χ1) is 21.2. The highest BCUT2D eigenvalue weighted by atomic mass is 16.2. The molecule has 0 unspecified atom stereocenters. The standard InChI is InChI=1S/C39H32N2O2/c1-2-3-4-5-6-13-23-41-38(42)36-31(25-15-9-7-10-16-25)34-29-20-14-19-28-27(24-40)21-22-30(33(28)29)35(34)32(37(36)39(41)43)26-17-11-8-12-18-26/h7-12,14-22H,2-6,13,23H2,1H3. The Balaban J connectivity index is 1.52. The van der Waals surface area contributed by atoms with E-state index in [1.807, 2.05) is 84.9 Å². The lowest BCUT2D eigenvalue weighted by atomic mass is 9.81. The number of hydrogen-bond acceptors (Lipinski definition) is 3. The number of benzene rings is 5. The zero-order chi connectivity index (χ0) is 29.5. The third-order valence-electron chi connectivity index (χ3n) is 8.98. The summed E-state index contributed by atoms with van der Waals surface area (Å²) in [6.45, 7) is 2.62. The van der Waals surface area contributed by atoms with Gasteiger partial charge in [0.15, 0.2) is 0 Å². The topological polar surface area (TPSA) is 61.2 Å². The Hall–Kier alpha value is -5.01.